The van der Waals surface area contributed by atoms with Gasteiger partial charge >= 0.3 is 5.97 Å². The van der Waals surface area contributed by atoms with Crippen LogP contribution in [0, 0.1) is 5.92 Å². The smallest absolute Gasteiger partial charge is 0.326 e. The molecule has 2 aromatic carbocycles. The fraction of sp³-hybridized carbons (Fsp3) is 0.286. The van der Waals surface area contributed by atoms with Crippen LogP contribution in [0.15, 0.2) is 48.5 Å². The predicted molar refractivity (Wildman–Crippen MR) is 108 cm³/mol. The number of methoxy groups -OCH3 is 1. The van der Waals surface area contributed by atoms with Crippen LogP contribution < -0.4 is 15.0 Å². The number of ether oxygens (including phenoxy) is 1. The van der Waals surface area contributed by atoms with Gasteiger partial charge in [-0.2, -0.15) is 0 Å². The van der Waals surface area contributed by atoms with E-state index in [0.29, 0.717) is 16.5 Å². The number of carbonyl (C=O) groups excluding carboxylic acids is 2. The van der Waals surface area contributed by atoms with Crippen molar-refractivity contribution < 1.29 is 24.2 Å². The first-order chi connectivity index (χ1) is 13.9. The fourth-order valence-electron chi connectivity index (χ4n) is 3.33. The second-order valence-corrected chi connectivity index (χ2v) is 7.25. The van der Waals surface area contributed by atoms with Crippen molar-refractivity contribution in [1.29, 1.82) is 0 Å². The summed E-state index contributed by atoms with van der Waals surface area (Å²) in [5, 5.41) is 12.5. The minimum atomic E-state index is -1.13. The lowest BCUT2D eigenvalue weighted by atomic mass is 10.0. The number of hydrogen-bond donors (Lipinski definition) is 2. The lowest BCUT2D eigenvalue weighted by Crippen LogP contribution is -2.45. The van der Waals surface area contributed by atoms with E-state index in [2.05, 4.69) is 5.32 Å². The average molecular weight is 417 g/mol. The van der Waals surface area contributed by atoms with Crippen LogP contribution in [-0.2, 0) is 20.8 Å². The van der Waals surface area contributed by atoms with Gasteiger partial charge in [0.1, 0.15) is 11.8 Å². The van der Waals surface area contributed by atoms with Crippen LogP contribution >= 0.6 is 11.6 Å². The highest BCUT2D eigenvalue weighted by atomic mass is 35.5. The monoisotopic (exact) mass is 416 g/mol. The Morgan fingerprint density at radius 3 is 2.66 bits per heavy atom. The molecule has 2 amide bonds. The molecule has 0 aliphatic carbocycles. The van der Waals surface area contributed by atoms with Crippen molar-refractivity contribution in [1.82, 2.24) is 5.32 Å². The normalized spacial score (nSPS) is 17.1. The summed E-state index contributed by atoms with van der Waals surface area (Å²) in [6, 6.07) is 12.9. The van der Waals surface area contributed by atoms with Gasteiger partial charge in [0.15, 0.2) is 0 Å². The van der Waals surface area contributed by atoms with E-state index in [9.17, 15) is 19.5 Å². The number of nitrogens with zero attached hydrogens (tertiary/aromatic N) is 1. The maximum Gasteiger partial charge on any atom is 0.326 e. The highest BCUT2D eigenvalue weighted by Crippen LogP contribution is 2.35. The van der Waals surface area contributed by atoms with Crippen LogP contribution in [0.5, 0.6) is 5.75 Å². The molecule has 0 radical (unpaired) electrons. The molecule has 152 valence electrons. The van der Waals surface area contributed by atoms with Crippen LogP contribution in [0.3, 0.4) is 0 Å². The number of hydrogen-bond acceptors (Lipinski definition) is 4. The molecule has 2 N–H and O–H groups in total. The summed E-state index contributed by atoms with van der Waals surface area (Å²) in [6.45, 7) is 0.124. The first-order valence-corrected chi connectivity index (χ1v) is 9.48. The molecule has 29 heavy (non-hydrogen) atoms. The zero-order valence-corrected chi connectivity index (χ0v) is 16.6. The number of anilines is 1. The average Bonchev–Trinajstić information content (AvgIpc) is 3.09. The number of aliphatic carboxylic acids is 1. The van der Waals surface area contributed by atoms with Crippen molar-refractivity contribution in [3.8, 4) is 5.75 Å². The van der Waals surface area contributed by atoms with Crippen molar-refractivity contribution >= 4 is 35.1 Å². The lowest BCUT2D eigenvalue weighted by Gasteiger charge is -2.20. The van der Waals surface area contributed by atoms with E-state index in [-0.39, 0.29) is 25.3 Å². The van der Waals surface area contributed by atoms with Gasteiger partial charge in [0.05, 0.1) is 18.7 Å². The van der Waals surface area contributed by atoms with E-state index in [1.165, 1.54) is 12.0 Å². The van der Waals surface area contributed by atoms with Gasteiger partial charge in [0, 0.05) is 24.4 Å². The summed E-state index contributed by atoms with van der Waals surface area (Å²) < 4.78 is 5.29. The van der Waals surface area contributed by atoms with E-state index >= 15 is 0 Å². The zero-order chi connectivity index (χ0) is 21.0. The highest BCUT2D eigenvalue weighted by Gasteiger charge is 2.37. The van der Waals surface area contributed by atoms with Crippen molar-refractivity contribution in [2.45, 2.75) is 18.9 Å². The van der Waals surface area contributed by atoms with E-state index in [0.717, 1.165) is 5.56 Å². The second-order valence-electron chi connectivity index (χ2n) is 6.81. The Morgan fingerprint density at radius 1 is 1.28 bits per heavy atom. The molecule has 1 saturated heterocycles. The Kier molecular flexibility index (Phi) is 6.39. The summed E-state index contributed by atoms with van der Waals surface area (Å²) in [4.78, 5) is 38.2. The van der Waals surface area contributed by atoms with E-state index < -0.39 is 23.8 Å². The Hall–Kier alpha value is -3.06. The summed E-state index contributed by atoms with van der Waals surface area (Å²) >= 11 is 6.04. The Bertz CT molecular complexity index is 919. The molecule has 1 heterocycles. The van der Waals surface area contributed by atoms with Crippen LogP contribution in [-0.4, -0.2) is 42.6 Å². The van der Waals surface area contributed by atoms with Gasteiger partial charge in [0.2, 0.25) is 11.8 Å². The summed E-state index contributed by atoms with van der Waals surface area (Å²) in [6.07, 6.45) is 0.146. The molecular formula is C21H21ClN2O5. The molecule has 1 fully saturated rings. The SMILES string of the molecule is COc1ccc(Cl)cc1N1C[C@H](C(=O)N[C@@H](Cc2ccccc2)C(=O)O)CC1=O. The molecule has 0 bridgehead atoms. The zero-order valence-electron chi connectivity index (χ0n) is 15.8. The molecule has 0 saturated carbocycles. The molecular weight excluding hydrogens is 396 g/mol. The number of benzene rings is 2. The van der Waals surface area contributed by atoms with Crippen molar-refractivity contribution in [3.05, 3.63) is 59.1 Å². The van der Waals surface area contributed by atoms with Gasteiger partial charge < -0.3 is 20.1 Å². The Balaban J connectivity index is 1.71. The quantitative estimate of drug-likeness (QED) is 0.723. The molecule has 2 atom stereocenters. The second kappa shape index (κ2) is 8.96. The summed E-state index contributed by atoms with van der Waals surface area (Å²) in [7, 11) is 1.48. The third kappa shape index (κ3) is 4.86. The minimum absolute atomic E-state index is 0.0147. The van der Waals surface area contributed by atoms with Gasteiger partial charge in [-0.3, -0.25) is 9.59 Å². The molecule has 0 aromatic heterocycles. The van der Waals surface area contributed by atoms with E-state index in [1.54, 1.807) is 30.3 Å². The number of amides is 2. The summed E-state index contributed by atoms with van der Waals surface area (Å²) in [5.74, 6) is -2.04. The molecule has 0 spiro atoms. The third-order valence-electron chi connectivity index (χ3n) is 4.82. The topological polar surface area (TPSA) is 95.9 Å². The van der Waals surface area contributed by atoms with Gasteiger partial charge in [0.25, 0.3) is 0 Å². The number of rotatable bonds is 7. The third-order valence-corrected chi connectivity index (χ3v) is 5.06. The Labute approximate surface area is 173 Å². The van der Waals surface area contributed by atoms with Crippen molar-refractivity contribution in [3.63, 3.8) is 0 Å². The number of halogens is 1. The predicted octanol–water partition coefficient (Wildman–Crippen LogP) is 2.51. The van der Waals surface area contributed by atoms with Crippen LogP contribution in [0.2, 0.25) is 5.02 Å². The highest BCUT2D eigenvalue weighted by molar-refractivity contribution is 6.31. The van der Waals surface area contributed by atoms with Gasteiger partial charge in [-0.05, 0) is 23.8 Å². The molecule has 0 unspecified atom stereocenters. The largest absolute Gasteiger partial charge is 0.495 e. The number of carboxylic acids is 1. The van der Waals surface area contributed by atoms with Crippen molar-refractivity contribution in [2.75, 3.05) is 18.6 Å². The first-order valence-electron chi connectivity index (χ1n) is 9.10. The van der Waals surface area contributed by atoms with E-state index in [1.807, 2.05) is 18.2 Å². The first kappa shape index (κ1) is 20.7. The maximum absolute atomic E-state index is 12.7. The summed E-state index contributed by atoms with van der Waals surface area (Å²) in [5.41, 5.74) is 1.28. The molecule has 1 aliphatic heterocycles. The van der Waals surface area contributed by atoms with Crippen molar-refractivity contribution in [2.24, 2.45) is 5.92 Å². The Morgan fingerprint density at radius 2 is 2.00 bits per heavy atom. The number of carboxylic acid groups (broad SMARTS) is 1. The fourth-order valence-corrected chi connectivity index (χ4v) is 3.50. The molecule has 2 aromatic rings. The molecule has 7 nitrogen and oxygen atoms in total. The minimum Gasteiger partial charge on any atom is -0.495 e. The molecule has 8 heteroatoms. The van der Waals surface area contributed by atoms with Crippen LogP contribution in [0.25, 0.3) is 0 Å². The number of carbonyl (C=O) groups is 3. The number of nitrogens with one attached hydrogen (secondary N) is 1. The van der Waals surface area contributed by atoms with E-state index in [4.69, 9.17) is 16.3 Å². The van der Waals surface area contributed by atoms with Gasteiger partial charge in [-0.25, -0.2) is 4.79 Å². The van der Waals surface area contributed by atoms with Crippen LogP contribution in [0.1, 0.15) is 12.0 Å². The maximum atomic E-state index is 12.7. The molecule has 1 aliphatic rings. The van der Waals surface area contributed by atoms with Crippen LogP contribution in [0.4, 0.5) is 5.69 Å². The standard InChI is InChI=1S/C21H21ClN2O5/c1-29-18-8-7-15(22)11-17(18)24-12-14(10-19(24)25)20(26)23-16(21(27)28)9-13-5-3-2-4-6-13/h2-8,11,14,16H,9-10,12H2,1H3,(H,23,26)(H,27,28)/t14-,16+/m1/s1. The van der Waals surface area contributed by atoms with Gasteiger partial charge in [-0.15, -0.1) is 0 Å². The lowest BCUT2D eigenvalue weighted by molar-refractivity contribution is -0.142. The van der Waals surface area contributed by atoms with Gasteiger partial charge in [-0.1, -0.05) is 41.9 Å². The molecule has 3 rings (SSSR count).